The van der Waals surface area contributed by atoms with Crippen molar-refractivity contribution in [1.82, 2.24) is 0 Å². The predicted molar refractivity (Wildman–Crippen MR) is 81.4 cm³/mol. The van der Waals surface area contributed by atoms with Crippen LogP contribution >= 0.6 is 0 Å². The minimum Gasteiger partial charge on any atom is -0.341 e. The van der Waals surface area contributed by atoms with Crippen molar-refractivity contribution >= 4 is 17.1 Å². The van der Waals surface area contributed by atoms with Crippen LogP contribution in [0.3, 0.4) is 0 Å². The molecule has 0 saturated carbocycles. The van der Waals surface area contributed by atoms with Crippen LogP contribution in [0.1, 0.15) is 13.8 Å². The van der Waals surface area contributed by atoms with E-state index in [9.17, 15) is 10.1 Å². The lowest BCUT2D eigenvalue weighted by Crippen LogP contribution is -2.22. The van der Waals surface area contributed by atoms with E-state index < -0.39 is 0 Å². The number of nitrogens with zero attached hydrogens (tertiary/aromatic N) is 2. The topological polar surface area (TPSA) is 46.4 Å². The highest BCUT2D eigenvalue weighted by Crippen LogP contribution is 2.27. The Bertz CT molecular complexity index is 565. The molecule has 0 aliphatic carbocycles. The molecule has 0 aromatic heterocycles. The molecule has 104 valence electrons. The minimum absolute atomic E-state index is 0.117. The second kappa shape index (κ2) is 6.19. The van der Waals surface area contributed by atoms with Crippen molar-refractivity contribution in [2.75, 3.05) is 11.4 Å². The number of hydrogen-bond acceptors (Lipinski definition) is 3. The van der Waals surface area contributed by atoms with Gasteiger partial charge in [-0.25, -0.2) is 0 Å². The molecule has 2 aromatic carbocycles. The van der Waals surface area contributed by atoms with Crippen molar-refractivity contribution in [3.05, 3.63) is 64.7 Å². The monoisotopic (exact) mass is 270 g/mol. The van der Waals surface area contributed by atoms with Gasteiger partial charge in [0.2, 0.25) is 0 Å². The third-order valence-electron chi connectivity index (χ3n) is 2.99. The third-order valence-corrected chi connectivity index (χ3v) is 2.99. The van der Waals surface area contributed by atoms with Gasteiger partial charge in [-0.1, -0.05) is 32.0 Å². The molecule has 0 heterocycles. The Kier molecular flexibility index (Phi) is 4.35. The first-order chi connectivity index (χ1) is 9.58. The molecule has 0 aliphatic rings. The van der Waals surface area contributed by atoms with Crippen LogP contribution in [0.4, 0.5) is 17.1 Å². The van der Waals surface area contributed by atoms with Gasteiger partial charge in [0.25, 0.3) is 5.69 Å². The highest BCUT2D eigenvalue weighted by atomic mass is 16.6. The fraction of sp³-hybridized carbons (Fsp3) is 0.250. The van der Waals surface area contributed by atoms with Gasteiger partial charge in [-0.15, -0.1) is 0 Å². The fourth-order valence-corrected chi connectivity index (χ4v) is 2.09. The summed E-state index contributed by atoms with van der Waals surface area (Å²) in [6.45, 7) is 5.17. The molecule has 20 heavy (non-hydrogen) atoms. The maximum absolute atomic E-state index is 10.7. The normalized spacial score (nSPS) is 10.6. The van der Waals surface area contributed by atoms with Crippen molar-refractivity contribution in [1.29, 1.82) is 0 Å². The third kappa shape index (κ3) is 3.35. The van der Waals surface area contributed by atoms with Crippen molar-refractivity contribution in [3.8, 4) is 0 Å². The van der Waals surface area contributed by atoms with Gasteiger partial charge in [-0.2, -0.15) is 0 Å². The summed E-state index contributed by atoms with van der Waals surface area (Å²) in [5.41, 5.74) is 2.18. The lowest BCUT2D eigenvalue weighted by Gasteiger charge is -2.26. The van der Waals surface area contributed by atoms with Gasteiger partial charge in [-0.3, -0.25) is 10.1 Å². The first kappa shape index (κ1) is 14.1. The highest BCUT2D eigenvalue weighted by molar-refractivity contribution is 5.64. The van der Waals surface area contributed by atoms with E-state index in [1.807, 2.05) is 30.3 Å². The van der Waals surface area contributed by atoms with Crippen LogP contribution in [0.25, 0.3) is 0 Å². The second-order valence-electron chi connectivity index (χ2n) is 5.11. The molecule has 0 saturated heterocycles. The molecule has 0 atom stereocenters. The van der Waals surface area contributed by atoms with Crippen molar-refractivity contribution in [2.24, 2.45) is 5.92 Å². The highest BCUT2D eigenvalue weighted by Gasteiger charge is 2.12. The van der Waals surface area contributed by atoms with E-state index >= 15 is 0 Å². The number of rotatable bonds is 5. The number of nitro groups is 1. The zero-order chi connectivity index (χ0) is 14.5. The maximum atomic E-state index is 10.7. The van der Waals surface area contributed by atoms with Crippen LogP contribution in [0, 0.1) is 16.0 Å². The summed E-state index contributed by atoms with van der Waals surface area (Å²) in [6, 6.07) is 16.8. The largest absolute Gasteiger partial charge is 0.341 e. The van der Waals surface area contributed by atoms with E-state index in [0.29, 0.717) is 5.92 Å². The molecule has 4 nitrogen and oxygen atoms in total. The smallest absolute Gasteiger partial charge is 0.269 e. The van der Waals surface area contributed by atoms with Crippen LogP contribution in [0.5, 0.6) is 0 Å². The Morgan fingerprint density at radius 3 is 2.05 bits per heavy atom. The molecule has 2 aromatic rings. The van der Waals surface area contributed by atoms with Crippen molar-refractivity contribution in [2.45, 2.75) is 13.8 Å². The van der Waals surface area contributed by atoms with Crippen molar-refractivity contribution in [3.63, 3.8) is 0 Å². The molecular weight excluding hydrogens is 252 g/mol. The Morgan fingerprint density at radius 2 is 1.55 bits per heavy atom. The van der Waals surface area contributed by atoms with Gasteiger partial charge in [0.15, 0.2) is 0 Å². The van der Waals surface area contributed by atoms with E-state index in [4.69, 9.17) is 0 Å². The van der Waals surface area contributed by atoms with Crippen molar-refractivity contribution < 1.29 is 4.92 Å². The van der Waals surface area contributed by atoms with E-state index in [-0.39, 0.29) is 10.6 Å². The first-order valence-corrected chi connectivity index (χ1v) is 6.65. The molecule has 0 aliphatic heterocycles. The SMILES string of the molecule is CC(C)CN(c1ccccc1)c1ccc([N+](=O)[O-])cc1. The first-order valence-electron chi connectivity index (χ1n) is 6.65. The summed E-state index contributed by atoms with van der Waals surface area (Å²) >= 11 is 0. The Morgan fingerprint density at radius 1 is 1.00 bits per heavy atom. The maximum Gasteiger partial charge on any atom is 0.269 e. The van der Waals surface area contributed by atoms with Gasteiger partial charge in [-0.05, 0) is 30.2 Å². The van der Waals surface area contributed by atoms with Crippen LogP contribution in [-0.2, 0) is 0 Å². The number of non-ortho nitro benzene ring substituents is 1. The minimum atomic E-state index is -0.376. The van der Waals surface area contributed by atoms with E-state index in [1.54, 1.807) is 24.3 Å². The molecule has 0 N–H and O–H groups in total. The summed E-state index contributed by atoms with van der Waals surface area (Å²) in [7, 11) is 0. The zero-order valence-electron chi connectivity index (χ0n) is 11.7. The fourth-order valence-electron chi connectivity index (χ4n) is 2.09. The number of nitro benzene ring substituents is 1. The molecule has 0 spiro atoms. The number of hydrogen-bond donors (Lipinski definition) is 0. The molecule has 0 radical (unpaired) electrons. The van der Waals surface area contributed by atoms with Crippen LogP contribution in [-0.4, -0.2) is 11.5 Å². The molecule has 0 amide bonds. The van der Waals surface area contributed by atoms with Crippen LogP contribution < -0.4 is 4.90 Å². The lowest BCUT2D eigenvalue weighted by atomic mass is 10.1. The standard InChI is InChI=1S/C16H18N2O2/c1-13(2)12-17(14-6-4-3-5-7-14)15-8-10-16(11-9-15)18(19)20/h3-11,13H,12H2,1-2H3. The van der Waals surface area contributed by atoms with E-state index in [0.717, 1.165) is 17.9 Å². The zero-order valence-corrected chi connectivity index (χ0v) is 11.7. The summed E-state index contributed by atoms with van der Waals surface area (Å²) in [5, 5.41) is 10.7. The summed E-state index contributed by atoms with van der Waals surface area (Å²) in [5.74, 6) is 0.491. The quantitative estimate of drug-likeness (QED) is 0.598. The summed E-state index contributed by atoms with van der Waals surface area (Å²) < 4.78 is 0. The van der Waals surface area contributed by atoms with Gasteiger partial charge in [0, 0.05) is 30.1 Å². The Balaban J connectivity index is 2.34. The molecule has 0 fully saturated rings. The molecular formula is C16H18N2O2. The molecule has 0 bridgehead atoms. The number of anilines is 2. The van der Waals surface area contributed by atoms with E-state index in [2.05, 4.69) is 18.7 Å². The lowest BCUT2D eigenvalue weighted by molar-refractivity contribution is -0.384. The molecule has 2 rings (SSSR count). The average molecular weight is 270 g/mol. The Labute approximate surface area is 118 Å². The number of para-hydroxylation sites is 1. The molecule has 4 heteroatoms. The van der Waals surface area contributed by atoms with Gasteiger partial charge in [0.05, 0.1) is 4.92 Å². The van der Waals surface area contributed by atoms with Gasteiger partial charge in [0.1, 0.15) is 0 Å². The average Bonchev–Trinajstić information content (AvgIpc) is 2.45. The van der Waals surface area contributed by atoms with Gasteiger partial charge < -0.3 is 4.90 Å². The van der Waals surface area contributed by atoms with Crippen LogP contribution in [0.15, 0.2) is 54.6 Å². The van der Waals surface area contributed by atoms with Crippen LogP contribution in [0.2, 0.25) is 0 Å². The predicted octanol–water partition coefficient (Wildman–Crippen LogP) is 4.39. The number of benzene rings is 2. The molecule has 0 unspecified atom stereocenters. The summed E-state index contributed by atoms with van der Waals surface area (Å²) in [6.07, 6.45) is 0. The Hall–Kier alpha value is -2.36. The van der Waals surface area contributed by atoms with E-state index in [1.165, 1.54) is 0 Å². The second-order valence-corrected chi connectivity index (χ2v) is 5.11. The van der Waals surface area contributed by atoms with Gasteiger partial charge >= 0.3 is 0 Å². The summed E-state index contributed by atoms with van der Waals surface area (Å²) in [4.78, 5) is 12.5.